The summed E-state index contributed by atoms with van der Waals surface area (Å²) in [4.78, 5) is 28.2. The van der Waals surface area contributed by atoms with Gasteiger partial charge in [0, 0.05) is 37.3 Å². The number of amides is 2. The largest absolute Gasteiger partial charge is 0.495 e. The number of benzene rings is 1. The molecule has 0 aliphatic carbocycles. The molecule has 27 heavy (non-hydrogen) atoms. The minimum atomic E-state index is -0.147. The quantitative estimate of drug-likeness (QED) is 0.848. The minimum Gasteiger partial charge on any atom is -0.495 e. The van der Waals surface area contributed by atoms with E-state index >= 15 is 0 Å². The Bertz CT molecular complexity index is 815. The summed E-state index contributed by atoms with van der Waals surface area (Å²) in [6.07, 6.45) is 1.48. The van der Waals surface area contributed by atoms with E-state index in [0.717, 1.165) is 11.3 Å². The lowest BCUT2D eigenvalue weighted by molar-refractivity contribution is -0.130. The first kappa shape index (κ1) is 19.1. The van der Waals surface area contributed by atoms with Gasteiger partial charge in [0.15, 0.2) is 5.76 Å². The maximum atomic E-state index is 12.5. The summed E-state index contributed by atoms with van der Waals surface area (Å²) in [6.45, 7) is 3.98. The van der Waals surface area contributed by atoms with Crippen molar-refractivity contribution >= 4 is 29.1 Å². The van der Waals surface area contributed by atoms with Crippen LogP contribution >= 0.6 is 11.6 Å². The van der Waals surface area contributed by atoms with E-state index in [0.29, 0.717) is 42.7 Å². The highest BCUT2D eigenvalue weighted by Crippen LogP contribution is 2.30. The van der Waals surface area contributed by atoms with Crippen molar-refractivity contribution in [3.05, 3.63) is 46.9 Å². The van der Waals surface area contributed by atoms with Crippen molar-refractivity contribution < 1.29 is 18.7 Å². The highest BCUT2D eigenvalue weighted by Gasteiger charge is 2.26. The van der Waals surface area contributed by atoms with Crippen LogP contribution in [0.4, 0.5) is 5.69 Å². The van der Waals surface area contributed by atoms with Crippen LogP contribution < -0.4 is 10.1 Å². The van der Waals surface area contributed by atoms with Crippen molar-refractivity contribution in [1.82, 2.24) is 9.80 Å². The van der Waals surface area contributed by atoms with E-state index in [1.807, 2.05) is 13.0 Å². The van der Waals surface area contributed by atoms with Gasteiger partial charge in [0.25, 0.3) is 5.91 Å². The maximum absolute atomic E-state index is 12.5. The van der Waals surface area contributed by atoms with Crippen LogP contribution in [0.1, 0.15) is 16.1 Å². The number of furan rings is 1. The summed E-state index contributed by atoms with van der Waals surface area (Å²) >= 11 is 6.10. The fourth-order valence-corrected chi connectivity index (χ4v) is 3.12. The van der Waals surface area contributed by atoms with Gasteiger partial charge in [0.05, 0.1) is 25.6 Å². The fraction of sp³-hybridized carbons (Fsp3) is 0.368. The second-order valence-electron chi connectivity index (χ2n) is 6.31. The molecule has 1 fully saturated rings. The number of hydrogen-bond donors (Lipinski definition) is 1. The lowest BCUT2D eigenvalue weighted by Gasteiger charge is -2.34. The van der Waals surface area contributed by atoms with E-state index in [1.54, 1.807) is 35.1 Å². The Kier molecular flexibility index (Phi) is 5.91. The Morgan fingerprint density at radius 3 is 2.56 bits per heavy atom. The molecule has 1 aliphatic heterocycles. The number of rotatable bonds is 5. The van der Waals surface area contributed by atoms with E-state index in [-0.39, 0.29) is 18.4 Å². The standard InChI is InChI=1S/C19H22ClN3O4/c1-13-10-15(17(26-2)11-14(13)20)21-12-18(24)22-5-7-23(8-6-22)19(25)16-4-3-9-27-16/h3-4,9-11,21H,5-8,12H2,1-2H3. The molecule has 1 aromatic carbocycles. The van der Waals surface area contributed by atoms with Gasteiger partial charge in [-0.1, -0.05) is 11.6 Å². The zero-order valence-electron chi connectivity index (χ0n) is 15.3. The van der Waals surface area contributed by atoms with Crippen LogP contribution in [0.5, 0.6) is 5.75 Å². The molecule has 3 rings (SSSR count). The molecule has 2 amide bonds. The Hall–Kier alpha value is -2.67. The van der Waals surface area contributed by atoms with E-state index in [4.69, 9.17) is 20.8 Å². The summed E-state index contributed by atoms with van der Waals surface area (Å²) in [5.41, 5.74) is 1.62. The van der Waals surface area contributed by atoms with E-state index in [9.17, 15) is 9.59 Å². The monoisotopic (exact) mass is 391 g/mol. The number of nitrogens with one attached hydrogen (secondary N) is 1. The Morgan fingerprint density at radius 2 is 1.93 bits per heavy atom. The van der Waals surface area contributed by atoms with Crippen molar-refractivity contribution in [2.24, 2.45) is 0 Å². The number of aryl methyl sites for hydroxylation is 1. The molecule has 1 N–H and O–H groups in total. The van der Waals surface area contributed by atoms with E-state index in [1.165, 1.54) is 6.26 Å². The van der Waals surface area contributed by atoms with Crippen molar-refractivity contribution in [2.45, 2.75) is 6.92 Å². The Balaban J connectivity index is 1.53. The average Bonchev–Trinajstić information content (AvgIpc) is 3.22. The zero-order valence-corrected chi connectivity index (χ0v) is 16.1. The fourth-order valence-electron chi connectivity index (χ4n) is 2.97. The first-order valence-corrected chi connectivity index (χ1v) is 9.06. The molecule has 1 saturated heterocycles. The van der Waals surface area contributed by atoms with Crippen LogP contribution in [0.3, 0.4) is 0 Å². The molecule has 2 aromatic rings. The SMILES string of the molecule is COc1cc(Cl)c(C)cc1NCC(=O)N1CCN(C(=O)c2ccco2)CC1. The number of ether oxygens (including phenoxy) is 1. The average molecular weight is 392 g/mol. The number of anilines is 1. The summed E-state index contributed by atoms with van der Waals surface area (Å²) in [5.74, 6) is 0.732. The number of hydrogen-bond acceptors (Lipinski definition) is 5. The second-order valence-corrected chi connectivity index (χ2v) is 6.71. The molecule has 0 atom stereocenters. The minimum absolute atomic E-state index is 0.0326. The number of nitrogens with zero attached hydrogens (tertiary/aromatic N) is 2. The van der Waals surface area contributed by atoms with Gasteiger partial charge in [0.2, 0.25) is 5.91 Å². The van der Waals surface area contributed by atoms with Crippen molar-refractivity contribution in [3.8, 4) is 5.75 Å². The number of piperazine rings is 1. The van der Waals surface area contributed by atoms with E-state index < -0.39 is 0 Å². The second kappa shape index (κ2) is 8.35. The molecule has 1 aliphatic rings. The van der Waals surface area contributed by atoms with Crippen LogP contribution in [-0.4, -0.2) is 61.4 Å². The molecular formula is C19H22ClN3O4. The highest BCUT2D eigenvalue weighted by molar-refractivity contribution is 6.31. The molecule has 0 bridgehead atoms. The number of halogens is 1. The number of carbonyl (C=O) groups is 2. The normalized spacial score (nSPS) is 14.2. The van der Waals surface area contributed by atoms with Gasteiger partial charge in [-0.2, -0.15) is 0 Å². The molecule has 0 saturated carbocycles. The lowest BCUT2D eigenvalue weighted by atomic mass is 10.2. The van der Waals surface area contributed by atoms with E-state index in [2.05, 4.69) is 5.32 Å². The predicted molar refractivity (Wildman–Crippen MR) is 102 cm³/mol. The lowest BCUT2D eigenvalue weighted by Crippen LogP contribution is -2.51. The van der Waals surface area contributed by atoms with Gasteiger partial charge in [-0.25, -0.2) is 0 Å². The molecule has 7 nitrogen and oxygen atoms in total. The van der Waals surface area contributed by atoms with Gasteiger partial charge in [-0.3, -0.25) is 9.59 Å². The predicted octanol–water partition coefficient (Wildman–Crippen LogP) is 2.65. The molecule has 144 valence electrons. The van der Waals surface area contributed by atoms with Crippen LogP contribution in [0, 0.1) is 6.92 Å². The van der Waals surface area contributed by atoms with Crippen LogP contribution in [-0.2, 0) is 4.79 Å². The van der Waals surface area contributed by atoms with Crippen LogP contribution in [0.15, 0.2) is 34.9 Å². The molecule has 1 aromatic heterocycles. The van der Waals surface area contributed by atoms with Crippen LogP contribution in [0.25, 0.3) is 0 Å². The Labute approximate surface area is 162 Å². The molecule has 2 heterocycles. The maximum Gasteiger partial charge on any atom is 0.289 e. The van der Waals surface area contributed by atoms with Gasteiger partial charge in [0.1, 0.15) is 5.75 Å². The molecular weight excluding hydrogens is 370 g/mol. The van der Waals surface area contributed by atoms with Gasteiger partial charge in [-0.05, 0) is 30.7 Å². The topological polar surface area (TPSA) is 75.0 Å². The smallest absolute Gasteiger partial charge is 0.289 e. The molecule has 0 radical (unpaired) electrons. The van der Waals surface area contributed by atoms with Crippen molar-refractivity contribution in [2.75, 3.05) is 45.2 Å². The van der Waals surface area contributed by atoms with Gasteiger partial charge < -0.3 is 24.3 Å². The van der Waals surface area contributed by atoms with Crippen LogP contribution in [0.2, 0.25) is 5.02 Å². The third-order valence-electron chi connectivity index (χ3n) is 4.56. The zero-order chi connectivity index (χ0) is 19.4. The third-order valence-corrected chi connectivity index (χ3v) is 4.97. The summed E-state index contributed by atoms with van der Waals surface area (Å²) in [5, 5.41) is 3.73. The first-order chi connectivity index (χ1) is 13.0. The molecule has 0 spiro atoms. The first-order valence-electron chi connectivity index (χ1n) is 8.68. The molecule has 8 heteroatoms. The van der Waals surface area contributed by atoms with Crippen molar-refractivity contribution in [1.29, 1.82) is 0 Å². The molecule has 0 unspecified atom stereocenters. The highest BCUT2D eigenvalue weighted by atomic mass is 35.5. The third kappa shape index (κ3) is 4.36. The van der Waals surface area contributed by atoms with Crippen molar-refractivity contribution in [3.63, 3.8) is 0 Å². The summed E-state index contributed by atoms with van der Waals surface area (Å²) in [7, 11) is 1.56. The summed E-state index contributed by atoms with van der Waals surface area (Å²) in [6, 6.07) is 6.91. The number of carbonyl (C=O) groups excluding carboxylic acids is 2. The van der Waals surface area contributed by atoms with Gasteiger partial charge in [-0.15, -0.1) is 0 Å². The van der Waals surface area contributed by atoms with Gasteiger partial charge >= 0.3 is 0 Å². The Morgan fingerprint density at radius 1 is 1.22 bits per heavy atom. The number of methoxy groups -OCH3 is 1. The summed E-state index contributed by atoms with van der Waals surface area (Å²) < 4.78 is 10.5.